The molecule has 0 atom stereocenters. The smallest absolute Gasteiger partial charge is 0.356 e. The lowest BCUT2D eigenvalue weighted by Crippen LogP contribution is -2.24. The molecule has 0 unspecified atom stereocenters. The summed E-state index contributed by atoms with van der Waals surface area (Å²) < 4.78 is 25.9. The van der Waals surface area contributed by atoms with Crippen molar-refractivity contribution in [2.24, 2.45) is 0 Å². The Kier molecular flexibility index (Phi) is 3.04. The largest absolute Gasteiger partial charge is 0.455 e. The van der Waals surface area contributed by atoms with Gasteiger partial charge in [0.05, 0.1) is 0 Å². The fourth-order valence-corrected chi connectivity index (χ4v) is 1.21. The number of carbonyl (C=O) groups excluding carboxylic acids is 1. The normalized spacial score (nSPS) is 11.1. The van der Waals surface area contributed by atoms with Crippen LogP contribution in [-0.4, -0.2) is 30.0 Å². The molecule has 1 rings (SSSR count). The molecule has 0 bridgehead atoms. The summed E-state index contributed by atoms with van der Waals surface area (Å²) in [7, 11) is -2.42. The molecule has 0 aliphatic carbocycles. The second-order valence-corrected chi connectivity index (χ2v) is 4.77. The van der Waals surface area contributed by atoms with E-state index >= 15 is 0 Å². The van der Waals surface area contributed by atoms with Crippen LogP contribution in [0, 0.1) is 4.77 Å². The van der Waals surface area contributed by atoms with Crippen LogP contribution in [0.25, 0.3) is 0 Å². The van der Waals surface area contributed by atoms with Crippen molar-refractivity contribution in [1.82, 2.24) is 9.97 Å². The molecular formula is C8H12N2O4S. The van der Waals surface area contributed by atoms with Gasteiger partial charge in [0, 0.05) is 6.20 Å². The van der Waals surface area contributed by atoms with E-state index in [1.165, 1.54) is 6.20 Å². The second-order valence-electron chi connectivity index (χ2n) is 3.89. The van der Waals surface area contributed by atoms with E-state index in [0.29, 0.717) is 0 Å². The first-order chi connectivity index (χ1) is 6.79. The van der Waals surface area contributed by atoms with E-state index in [2.05, 4.69) is 9.97 Å². The van der Waals surface area contributed by atoms with Crippen LogP contribution in [0.2, 0.25) is 0 Å². The Morgan fingerprint density at radius 3 is 2.40 bits per heavy atom. The maximum Gasteiger partial charge on any atom is 0.356 e. The Labute approximate surface area is 87.8 Å². The molecule has 84 valence electrons. The third-order valence-electron chi connectivity index (χ3n) is 1.38. The Hall–Kier alpha value is -1.50. The number of imidazole rings is 1. The zero-order valence-corrected chi connectivity index (χ0v) is 9.44. The average molecular weight is 232 g/mol. The van der Waals surface area contributed by atoms with Crippen LogP contribution in [0.3, 0.4) is 0 Å². The second kappa shape index (κ2) is 3.93. The third-order valence-corrected chi connectivity index (χ3v) is 1.93. The molecule has 7 heteroatoms. The van der Waals surface area contributed by atoms with Crippen molar-refractivity contribution in [2.45, 2.75) is 26.4 Å². The summed E-state index contributed by atoms with van der Waals surface area (Å²) in [5, 5.41) is 0. The van der Waals surface area contributed by atoms with Gasteiger partial charge in [-0.25, -0.2) is 4.79 Å². The zero-order chi connectivity index (χ0) is 11.6. The summed E-state index contributed by atoms with van der Waals surface area (Å²) in [5.41, 5.74) is -0.539. The van der Waals surface area contributed by atoms with E-state index in [9.17, 15) is 13.2 Å². The summed E-state index contributed by atoms with van der Waals surface area (Å²) in [6, 6.07) is 0. The van der Waals surface area contributed by atoms with E-state index in [0.717, 1.165) is 0 Å². The number of aromatic nitrogens is 2. The topological polar surface area (TPSA) is 92.0 Å². The number of nitrogens with one attached hydrogen (secondary N) is 2. The number of esters is 1. The molecule has 15 heavy (non-hydrogen) atoms. The molecule has 0 spiro atoms. The van der Waals surface area contributed by atoms with Crippen molar-refractivity contribution in [3.05, 3.63) is 16.7 Å². The molecule has 6 nitrogen and oxygen atoms in total. The highest BCUT2D eigenvalue weighted by Gasteiger charge is 2.18. The SMILES string of the molecule is CC(C)(C)OC(=O)c1c[nH]c(=S(=O)=O)[nH]1. The van der Waals surface area contributed by atoms with Crippen molar-refractivity contribution >= 4 is 16.3 Å². The summed E-state index contributed by atoms with van der Waals surface area (Å²) in [4.78, 5) is 16.2. The van der Waals surface area contributed by atoms with Gasteiger partial charge in [-0.2, -0.15) is 8.42 Å². The van der Waals surface area contributed by atoms with E-state index in [4.69, 9.17) is 4.74 Å². The predicted molar refractivity (Wildman–Crippen MR) is 52.5 cm³/mol. The first-order valence-electron chi connectivity index (χ1n) is 4.23. The van der Waals surface area contributed by atoms with E-state index in [1.54, 1.807) is 20.8 Å². The fourth-order valence-electron chi connectivity index (χ4n) is 0.865. The van der Waals surface area contributed by atoms with Gasteiger partial charge in [0.15, 0.2) is 0 Å². The van der Waals surface area contributed by atoms with Gasteiger partial charge in [-0.15, -0.1) is 0 Å². The summed E-state index contributed by atoms with van der Waals surface area (Å²) >= 11 is 0. The van der Waals surface area contributed by atoms with Crippen LogP contribution in [0.4, 0.5) is 0 Å². The van der Waals surface area contributed by atoms with Crippen LogP contribution in [0.1, 0.15) is 31.3 Å². The van der Waals surface area contributed by atoms with Gasteiger partial charge in [0.2, 0.25) is 4.77 Å². The highest BCUT2D eigenvalue weighted by molar-refractivity contribution is 7.63. The van der Waals surface area contributed by atoms with Gasteiger partial charge >= 0.3 is 5.97 Å². The average Bonchev–Trinajstić information content (AvgIpc) is 2.47. The van der Waals surface area contributed by atoms with Crippen molar-refractivity contribution in [3.8, 4) is 0 Å². The Bertz CT molecular complexity index is 521. The molecule has 0 amide bonds. The summed E-state index contributed by atoms with van der Waals surface area (Å²) in [6.07, 6.45) is 1.25. The van der Waals surface area contributed by atoms with Gasteiger partial charge in [-0.05, 0) is 20.8 Å². The van der Waals surface area contributed by atoms with Crippen LogP contribution in [0.5, 0.6) is 0 Å². The molecule has 0 aliphatic rings. The van der Waals surface area contributed by atoms with Crippen LogP contribution < -0.4 is 0 Å². The number of ether oxygens (including phenoxy) is 1. The molecule has 0 aromatic carbocycles. The molecule has 1 aromatic heterocycles. The molecule has 0 saturated heterocycles. The quantitative estimate of drug-likeness (QED) is 0.551. The Balaban J connectivity index is 3.00. The fraction of sp³-hybridized carbons (Fsp3) is 0.500. The van der Waals surface area contributed by atoms with Gasteiger partial charge in [0.25, 0.3) is 10.3 Å². The third kappa shape index (κ3) is 3.28. The Morgan fingerprint density at radius 1 is 1.40 bits per heavy atom. The number of H-pyrrole nitrogens is 2. The standard InChI is InChI=1S/C8H12N2O4S/c1-8(2,3)14-6(11)5-4-9-7(10-5)15(12)13/h4,9-10H,1-3H3. The lowest BCUT2D eigenvalue weighted by molar-refractivity contribution is 0.00634. The van der Waals surface area contributed by atoms with E-state index in [-0.39, 0.29) is 10.5 Å². The maximum atomic E-state index is 11.4. The van der Waals surface area contributed by atoms with Crippen LogP contribution in [-0.2, 0) is 15.0 Å². The van der Waals surface area contributed by atoms with Gasteiger partial charge in [0.1, 0.15) is 11.3 Å². The van der Waals surface area contributed by atoms with Crippen molar-refractivity contribution in [3.63, 3.8) is 0 Å². The van der Waals surface area contributed by atoms with Gasteiger partial charge in [-0.3, -0.25) is 0 Å². The number of carbonyl (C=O) groups is 1. The number of hydrogen-bond acceptors (Lipinski definition) is 4. The van der Waals surface area contributed by atoms with Crippen molar-refractivity contribution in [1.29, 1.82) is 0 Å². The molecule has 2 N–H and O–H groups in total. The molecule has 0 aliphatic heterocycles. The maximum absolute atomic E-state index is 11.4. The molecule has 0 fully saturated rings. The number of rotatable bonds is 1. The first kappa shape index (κ1) is 11.6. The van der Waals surface area contributed by atoms with E-state index in [1.807, 2.05) is 0 Å². The lowest BCUT2D eigenvalue weighted by atomic mass is 10.2. The monoisotopic (exact) mass is 232 g/mol. The molecule has 1 heterocycles. The van der Waals surface area contributed by atoms with Crippen LogP contribution >= 0.6 is 0 Å². The number of hydrogen-bond donors (Lipinski definition) is 2. The summed E-state index contributed by atoms with van der Waals surface area (Å²) in [6.45, 7) is 5.18. The minimum absolute atomic E-state index is 0.0733. The first-order valence-corrected chi connectivity index (χ1v) is 5.30. The Morgan fingerprint density at radius 2 is 2.00 bits per heavy atom. The van der Waals surface area contributed by atoms with Gasteiger partial charge < -0.3 is 14.7 Å². The molecule has 0 saturated carbocycles. The zero-order valence-electron chi connectivity index (χ0n) is 8.62. The lowest BCUT2D eigenvalue weighted by Gasteiger charge is -2.18. The highest BCUT2D eigenvalue weighted by Crippen LogP contribution is 2.09. The summed E-state index contributed by atoms with van der Waals surface area (Å²) in [5.74, 6) is -0.601. The minimum Gasteiger partial charge on any atom is -0.455 e. The molecular weight excluding hydrogens is 220 g/mol. The molecule has 0 radical (unpaired) electrons. The van der Waals surface area contributed by atoms with Crippen molar-refractivity contribution < 1.29 is 17.9 Å². The van der Waals surface area contributed by atoms with Crippen LogP contribution in [0.15, 0.2) is 6.20 Å². The minimum atomic E-state index is -2.42. The molecule has 1 aromatic rings. The van der Waals surface area contributed by atoms with E-state index < -0.39 is 21.9 Å². The van der Waals surface area contributed by atoms with Crippen molar-refractivity contribution in [2.75, 3.05) is 0 Å². The highest BCUT2D eigenvalue weighted by atomic mass is 32.2. The van der Waals surface area contributed by atoms with Gasteiger partial charge in [-0.1, -0.05) is 0 Å². The number of aromatic amines is 2. The predicted octanol–water partition coefficient (Wildman–Crippen LogP) is 0.709.